The van der Waals surface area contributed by atoms with Gasteiger partial charge in [-0.1, -0.05) is 31.4 Å². The third kappa shape index (κ3) is 15.6. The minimum absolute atomic E-state index is 0.117. The first-order chi connectivity index (χ1) is 23.9. The lowest BCUT2D eigenvalue weighted by Gasteiger charge is -2.07. The number of carbonyl (C=O) groups excluding carboxylic acids is 3. The number of hydrogen-bond acceptors (Lipinski definition) is 10. The van der Waals surface area contributed by atoms with Crippen LogP contribution in [-0.4, -0.2) is 56.8 Å². The van der Waals surface area contributed by atoms with Gasteiger partial charge in [0.25, 0.3) is 0 Å². The monoisotopic (exact) mass is 685 g/mol. The molecule has 0 spiro atoms. The molecule has 0 saturated heterocycles. The maximum absolute atomic E-state index is 12.7. The van der Waals surface area contributed by atoms with Crippen molar-refractivity contribution in [3.63, 3.8) is 0 Å². The molecule has 49 heavy (non-hydrogen) atoms. The molecule has 3 aromatic rings. The quantitative estimate of drug-likeness (QED) is 0.0339. The van der Waals surface area contributed by atoms with Gasteiger partial charge in [0.15, 0.2) is 0 Å². The minimum Gasteiger partial charge on any atom is -0.494 e. The Morgan fingerprint density at radius 2 is 1.22 bits per heavy atom. The first-order valence-electron chi connectivity index (χ1n) is 16.1. The van der Waals surface area contributed by atoms with Crippen LogP contribution in [0.5, 0.6) is 17.2 Å². The number of benzene rings is 3. The van der Waals surface area contributed by atoms with E-state index >= 15 is 0 Å². The number of esters is 2. The molecule has 3 aromatic carbocycles. The van der Waals surface area contributed by atoms with Crippen molar-refractivity contribution in [2.45, 2.75) is 43.4 Å². The number of methoxy groups -OCH3 is 1. The Morgan fingerprint density at radius 1 is 0.694 bits per heavy atom. The number of rotatable bonds is 22. The van der Waals surface area contributed by atoms with Crippen molar-refractivity contribution >= 4 is 46.8 Å². The molecule has 0 heterocycles. The van der Waals surface area contributed by atoms with Gasteiger partial charge in [-0.2, -0.15) is 0 Å². The fourth-order valence-electron chi connectivity index (χ4n) is 4.22. The fourth-order valence-corrected chi connectivity index (χ4v) is 4.89. The van der Waals surface area contributed by atoms with Crippen molar-refractivity contribution in [1.82, 2.24) is 0 Å². The topological polar surface area (TPSA) is 110 Å². The number of hydrogen-bond donors (Lipinski definition) is 0. The summed E-state index contributed by atoms with van der Waals surface area (Å²) >= 11 is 1.10. The molecule has 3 rings (SSSR count). The highest BCUT2D eigenvalue weighted by atomic mass is 32.2. The molecule has 0 bridgehead atoms. The zero-order valence-electron chi connectivity index (χ0n) is 27.8. The van der Waals surface area contributed by atoms with Gasteiger partial charge >= 0.3 is 11.9 Å². The first-order valence-corrected chi connectivity index (χ1v) is 16.9. The van der Waals surface area contributed by atoms with E-state index in [0.29, 0.717) is 37.9 Å². The lowest BCUT2D eigenvalue weighted by atomic mass is 10.2. The standard InChI is InChI=1S/C39H43NO8S/c1-4-37(41)47-26-10-6-8-24-45-32-17-12-30(13-18-32)16-23-39(43)49-34-21-22-35(36(28-34)44-3)40-29-31-14-19-33(20-15-31)46-25-9-7-11-27-48-38(42)5-2/h4-5,12-23,28-29H,1-2,6-11,24-27H2,3H3/b23-16+,40-29?. The maximum Gasteiger partial charge on any atom is 0.330 e. The van der Waals surface area contributed by atoms with Gasteiger partial charge in [-0.15, -0.1) is 0 Å². The van der Waals surface area contributed by atoms with Crippen LogP contribution in [0.2, 0.25) is 0 Å². The number of ether oxygens (including phenoxy) is 5. The van der Waals surface area contributed by atoms with Gasteiger partial charge in [0.05, 0.1) is 33.5 Å². The van der Waals surface area contributed by atoms with Crippen molar-refractivity contribution in [3.05, 3.63) is 109 Å². The van der Waals surface area contributed by atoms with E-state index in [1.54, 1.807) is 25.5 Å². The summed E-state index contributed by atoms with van der Waals surface area (Å²) in [6.45, 7) is 8.65. The van der Waals surface area contributed by atoms with Crippen molar-refractivity contribution in [2.24, 2.45) is 4.99 Å². The number of unbranched alkanes of at least 4 members (excludes halogenated alkanes) is 4. The molecule has 0 unspecified atom stereocenters. The van der Waals surface area contributed by atoms with Crippen molar-refractivity contribution in [1.29, 1.82) is 0 Å². The van der Waals surface area contributed by atoms with E-state index in [-0.39, 0.29) is 5.12 Å². The Morgan fingerprint density at radius 3 is 1.76 bits per heavy atom. The van der Waals surface area contributed by atoms with E-state index in [1.165, 1.54) is 6.08 Å². The van der Waals surface area contributed by atoms with Crippen molar-refractivity contribution in [3.8, 4) is 17.2 Å². The third-order valence-corrected chi connectivity index (χ3v) is 7.66. The van der Waals surface area contributed by atoms with E-state index in [9.17, 15) is 14.4 Å². The molecule has 0 N–H and O–H groups in total. The molecule has 0 aliphatic heterocycles. The third-order valence-electron chi connectivity index (χ3n) is 6.83. The Kier molecular flexibility index (Phi) is 17.6. The number of thioether (sulfide) groups is 1. The van der Waals surface area contributed by atoms with Crippen LogP contribution in [0.3, 0.4) is 0 Å². The second-order valence-corrected chi connectivity index (χ2v) is 11.6. The van der Waals surface area contributed by atoms with Crippen molar-refractivity contribution < 1.29 is 38.1 Å². The molecule has 0 saturated carbocycles. The Labute approximate surface area is 292 Å². The van der Waals surface area contributed by atoms with E-state index in [1.807, 2.05) is 60.7 Å². The van der Waals surface area contributed by atoms with Crippen LogP contribution in [0.4, 0.5) is 5.69 Å². The Bertz CT molecular complexity index is 1560. The second-order valence-electron chi connectivity index (χ2n) is 10.5. The van der Waals surface area contributed by atoms with Gasteiger partial charge in [-0.05, 0) is 122 Å². The summed E-state index contributed by atoms with van der Waals surface area (Å²) in [5.41, 5.74) is 2.43. The van der Waals surface area contributed by atoms with Crippen LogP contribution in [0.25, 0.3) is 6.08 Å². The molecule has 9 nitrogen and oxygen atoms in total. The predicted molar refractivity (Wildman–Crippen MR) is 194 cm³/mol. The zero-order valence-corrected chi connectivity index (χ0v) is 28.7. The molecule has 0 radical (unpaired) electrons. The SMILES string of the molecule is C=CC(=O)OCCCCCOc1ccc(C=Nc2ccc(SC(=O)/C=C/c3ccc(OCCCCCOC(=O)C=C)cc3)cc2OC)cc1. The van der Waals surface area contributed by atoms with E-state index in [4.69, 9.17) is 23.7 Å². The summed E-state index contributed by atoms with van der Waals surface area (Å²) in [7, 11) is 1.57. The summed E-state index contributed by atoms with van der Waals surface area (Å²) in [6.07, 6.45) is 12.4. The van der Waals surface area contributed by atoms with Gasteiger partial charge in [0.1, 0.15) is 22.9 Å². The van der Waals surface area contributed by atoms with Crippen LogP contribution in [0.15, 0.2) is 108 Å². The molecule has 0 amide bonds. The molecule has 0 aliphatic carbocycles. The minimum atomic E-state index is -0.402. The van der Waals surface area contributed by atoms with Gasteiger partial charge in [-0.3, -0.25) is 9.79 Å². The summed E-state index contributed by atoms with van der Waals surface area (Å²) < 4.78 is 27.0. The summed E-state index contributed by atoms with van der Waals surface area (Å²) in [6, 6.07) is 20.6. The lowest BCUT2D eigenvalue weighted by molar-refractivity contribution is -0.138. The lowest BCUT2D eigenvalue weighted by Crippen LogP contribution is -2.03. The Hall–Kier alpha value is -5.09. The number of aliphatic imine (C=N–C) groups is 1. The van der Waals surface area contributed by atoms with Crippen molar-refractivity contribution in [2.75, 3.05) is 33.5 Å². The second kappa shape index (κ2) is 22.5. The predicted octanol–water partition coefficient (Wildman–Crippen LogP) is 8.33. The fraction of sp³-hybridized carbons (Fsp3) is 0.282. The number of carbonyl (C=O) groups is 3. The van der Waals surface area contributed by atoms with Gasteiger partial charge in [0.2, 0.25) is 5.12 Å². The van der Waals surface area contributed by atoms with Crippen LogP contribution < -0.4 is 14.2 Å². The highest BCUT2D eigenvalue weighted by molar-refractivity contribution is 8.14. The van der Waals surface area contributed by atoms with Crippen LogP contribution >= 0.6 is 11.8 Å². The molecule has 0 fully saturated rings. The summed E-state index contributed by atoms with van der Waals surface area (Å²) in [4.78, 5) is 40.0. The molecule has 0 aromatic heterocycles. The smallest absolute Gasteiger partial charge is 0.330 e. The van der Waals surface area contributed by atoms with Crippen LogP contribution in [0, 0.1) is 0 Å². The summed E-state index contributed by atoms with van der Waals surface area (Å²) in [5, 5.41) is -0.117. The average molecular weight is 686 g/mol. The van der Waals surface area contributed by atoms with E-state index in [0.717, 1.165) is 90.0 Å². The van der Waals surface area contributed by atoms with Gasteiger partial charge < -0.3 is 23.7 Å². The first kappa shape index (κ1) is 38.4. The maximum atomic E-state index is 12.7. The molecule has 10 heteroatoms. The summed E-state index contributed by atoms with van der Waals surface area (Å²) in [5.74, 6) is 1.28. The van der Waals surface area contributed by atoms with E-state index in [2.05, 4.69) is 18.2 Å². The molecule has 0 aliphatic rings. The molecular weight excluding hydrogens is 642 g/mol. The largest absolute Gasteiger partial charge is 0.494 e. The molecular formula is C39H43NO8S. The van der Waals surface area contributed by atoms with Crippen LogP contribution in [-0.2, 0) is 23.9 Å². The average Bonchev–Trinajstić information content (AvgIpc) is 3.13. The molecule has 0 atom stereocenters. The van der Waals surface area contributed by atoms with Gasteiger partial charge in [-0.25, -0.2) is 9.59 Å². The Balaban J connectivity index is 1.39. The number of nitrogens with zero attached hydrogens (tertiary/aromatic N) is 1. The van der Waals surface area contributed by atoms with Gasteiger partial charge in [0, 0.05) is 23.3 Å². The van der Waals surface area contributed by atoms with E-state index < -0.39 is 11.9 Å². The highest BCUT2D eigenvalue weighted by Gasteiger charge is 2.07. The highest BCUT2D eigenvalue weighted by Crippen LogP contribution is 2.33. The van der Waals surface area contributed by atoms with Crippen LogP contribution in [0.1, 0.15) is 49.7 Å². The normalized spacial score (nSPS) is 10.9. The zero-order chi connectivity index (χ0) is 35.1. The molecule has 258 valence electrons.